The van der Waals surface area contributed by atoms with E-state index >= 15 is 0 Å². The van der Waals surface area contributed by atoms with Crippen LogP contribution in [0.1, 0.15) is 18.5 Å². The van der Waals surface area contributed by atoms with Gasteiger partial charge in [-0.15, -0.1) is 12.4 Å². The number of rotatable bonds is 3. The number of ketones is 1. The monoisotopic (exact) mass is 229 g/mol. The number of carbonyl (C=O) groups excluding carboxylic acids is 1. The molecule has 0 saturated heterocycles. The van der Waals surface area contributed by atoms with Crippen LogP contribution in [0.4, 0.5) is 0 Å². The number of phenols is 1. The predicted octanol–water partition coefficient (Wildman–Crippen LogP) is 2.01. The number of aromatic hydroxyl groups is 1. The lowest BCUT2D eigenvalue weighted by molar-refractivity contribution is -0.121. The van der Waals surface area contributed by atoms with Crippen molar-refractivity contribution in [3.8, 4) is 5.75 Å². The van der Waals surface area contributed by atoms with Gasteiger partial charge in [0.05, 0.1) is 6.04 Å². The van der Waals surface area contributed by atoms with E-state index in [4.69, 9.17) is 5.11 Å². The minimum Gasteiger partial charge on any atom is -0.508 e. The molecule has 1 unspecified atom stereocenters. The van der Waals surface area contributed by atoms with Gasteiger partial charge >= 0.3 is 0 Å². The fourth-order valence-corrected chi connectivity index (χ4v) is 1.55. The van der Waals surface area contributed by atoms with Crippen molar-refractivity contribution in [2.24, 2.45) is 0 Å². The molecule has 0 fully saturated rings. The maximum absolute atomic E-state index is 11.4. The van der Waals surface area contributed by atoms with Crippen LogP contribution in [0, 0.1) is 0 Å². The van der Waals surface area contributed by atoms with E-state index in [1.165, 1.54) is 0 Å². The average Bonchev–Trinajstić information content (AvgIpc) is 2.07. The molecule has 0 bridgehead atoms. The zero-order chi connectivity index (χ0) is 10.7. The molecule has 15 heavy (non-hydrogen) atoms. The summed E-state index contributed by atoms with van der Waals surface area (Å²) in [5.41, 5.74) is 0.903. The first-order chi connectivity index (χ1) is 6.52. The Morgan fingerprint density at radius 2 is 1.73 bits per heavy atom. The van der Waals surface area contributed by atoms with Crippen LogP contribution in [0.3, 0.4) is 0 Å². The predicted molar refractivity (Wildman–Crippen MR) is 62.5 cm³/mol. The molecule has 1 aromatic carbocycles. The maximum atomic E-state index is 11.4. The average molecular weight is 230 g/mol. The van der Waals surface area contributed by atoms with Crippen molar-refractivity contribution in [2.75, 3.05) is 14.1 Å². The second-order valence-electron chi connectivity index (χ2n) is 3.57. The van der Waals surface area contributed by atoms with E-state index in [0.717, 1.165) is 5.56 Å². The Balaban J connectivity index is 0.00000196. The Labute approximate surface area is 96.1 Å². The van der Waals surface area contributed by atoms with Crippen LogP contribution in [-0.4, -0.2) is 29.9 Å². The number of carbonyl (C=O) groups is 1. The Kier molecular flexibility index (Phi) is 5.33. The number of phenolic OH excluding ortho intramolecular Hbond substituents is 1. The molecule has 0 aliphatic rings. The van der Waals surface area contributed by atoms with Crippen molar-refractivity contribution >= 4 is 18.2 Å². The Morgan fingerprint density at radius 3 is 2.07 bits per heavy atom. The second kappa shape index (κ2) is 5.73. The van der Waals surface area contributed by atoms with Crippen molar-refractivity contribution in [1.29, 1.82) is 0 Å². The highest BCUT2D eigenvalue weighted by Gasteiger charge is 2.18. The van der Waals surface area contributed by atoms with E-state index in [2.05, 4.69) is 0 Å². The SMILES string of the molecule is CC(=O)C(c1ccc(O)cc1)N(C)C.Cl. The highest BCUT2D eigenvalue weighted by atomic mass is 35.5. The summed E-state index contributed by atoms with van der Waals surface area (Å²) >= 11 is 0. The van der Waals surface area contributed by atoms with Gasteiger partial charge in [-0.3, -0.25) is 9.69 Å². The van der Waals surface area contributed by atoms with Crippen LogP contribution in [0.15, 0.2) is 24.3 Å². The van der Waals surface area contributed by atoms with Crippen molar-refractivity contribution in [3.63, 3.8) is 0 Å². The third kappa shape index (κ3) is 3.53. The minimum absolute atomic E-state index is 0. The van der Waals surface area contributed by atoms with E-state index in [-0.39, 0.29) is 30.0 Å². The number of hydrogen-bond donors (Lipinski definition) is 1. The van der Waals surface area contributed by atoms with E-state index < -0.39 is 0 Å². The number of Topliss-reactive ketones (excluding diaryl/α,β-unsaturated/α-hetero) is 1. The maximum Gasteiger partial charge on any atom is 0.151 e. The van der Waals surface area contributed by atoms with Crippen LogP contribution < -0.4 is 0 Å². The van der Waals surface area contributed by atoms with Gasteiger partial charge in [-0.2, -0.15) is 0 Å². The molecule has 0 spiro atoms. The van der Waals surface area contributed by atoms with Crippen molar-refractivity contribution in [3.05, 3.63) is 29.8 Å². The Bertz CT molecular complexity index is 322. The van der Waals surface area contributed by atoms with Gasteiger partial charge in [-0.1, -0.05) is 12.1 Å². The van der Waals surface area contributed by atoms with Crippen molar-refractivity contribution in [1.82, 2.24) is 4.90 Å². The normalized spacial score (nSPS) is 12.0. The lowest BCUT2D eigenvalue weighted by atomic mass is 10.0. The third-order valence-electron chi connectivity index (χ3n) is 2.11. The lowest BCUT2D eigenvalue weighted by Crippen LogP contribution is -2.25. The van der Waals surface area contributed by atoms with Crippen LogP contribution in [0.5, 0.6) is 5.75 Å². The van der Waals surface area contributed by atoms with Gasteiger partial charge in [-0.05, 0) is 38.7 Å². The van der Waals surface area contributed by atoms with Gasteiger partial charge in [0, 0.05) is 0 Å². The molecule has 1 aromatic rings. The standard InChI is InChI=1S/C11H15NO2.ClH/c1-8(13)11(12(2)3)9-4-6-10(14)7-5-9;/h4-7,11,14H,1-3H3;1H. The topological polar surface area (TPSA) is 40.5 Å². The number of nitrogens with zero attached hydrogens (tertiary/aromatic N) is 1. The zero-order valence-corrected chi connectivity index (χ0v) is 9.91. The van der Waals surface area contributed by atoms with E-state index in [9.17, 15) is 4.79 Å². The molecule has 0 aromatic heterocycles. The zero-order valence-electron chi connectivity index (χ0n) is 9.10. The van der Waals surface area contributed by atoms with E-state index in [1.807, 2.05) is 19.0 Å². The molecule has 84 valence electrons. The Morgan fingerprint density at radius 1 is 1.27 bits per heavy atom. The molecule has 4 heteroatoms. The second-order valence-corrected chi connectivity index (χ2v) is 3.57. The largest absolute Gasteiger partial charge is 0.508 e. The highest BCUT2D eigenvalue weighted by Crippen LogP contribution is 2.21. The van der Waals surface area contributed by atoms with Crippen molar-refractivity contribution in [2.45, 2.75) is 13.0 Å². The first-order valence-corrected chi connectivity index (χ1v) is 4.48. The third-order valence-corrected chi connectivity index (χ3v) is 2.11. The molecule has 0 radical (unpaired) electrons. The summed E-state index contributed by atoms with van der Waals surface area (Å²) in [6.45, 7) is 1.57. The number of hydrogen-bond acceptors (Lipinski definition) is 3. The van der Waals surface area contributed by atoms with Gasteiger partial charge < -0.3 is 5.11 Å². The summed E-state index contributed by atoms with van der Waals surface area (Å²) in [5, 5.41) is 9.12. The molecule has 0 aliphatic carbocycles. The molecule has 1 rings (SSSR count). The molecule has 0 aliphatic heterocycles. The molecular weight excluding hydrogens is 214 g/mol. The fraction of sp³-hybridized carbons (Fsp3) is 0.364. The quantitative estimate of drug-likeness (QED) is 0.862. The van der Waals surface area contributed by atoms with Crippen LogP contribution in [0.2, 0.25) is 0 Å². The Hall–Kier alpha value is -1.06. The summed E-state index contributed by atoms with van der Waals surface area (Å²) in [7, 11) is 3.72. The minimum atomic E-state index is -0.226. The van der Waals surface area contributed by atoms with Gasteiger partial charge in [0.1, 0.15) is 5.75 Å². The smallest absolute Gasteiger partial charge is 0.151 e. The van der Waals surface area contributed by atoms with Gasteiger partial charge in [0.2, 0.25) is 0 Å². The molecule has 1 atom stereocenters. The first kappa shape index (κ1) is 13.9. The van der Waals surface area contributed by atoms with E-state index in [0.29, 0.717) is 0 Å². The number of likely N-dealkylation sites (N-methyl/N-ethyl adjacent to an activating group) is 1. The lowest BCUT2D eigenvalue weighted by Gasteiger charge is -2.21. The van der Waals surface area contributed by atoms with Gasteiger partial charge in [0.15, 0.2) is 5.78 Å². The summed E-state index contributed by atoms with van der Waals surface area (Å²) in [6, 6.07) is 6.49. The molecule has 1 N–H and O–H groups in total. The molecule has 0 heterocycles. The highest BCUT2D eigenvalue weighted by molar-refractivity contribution is 5.85. The first-order valence-electron chi connectivity index (χ1n) is 4.48. The fourth-order valence-electron chi connectivity index (χ4n) is 1.55. The number of benzene rings is 1. The summed E-state index contributed by atoms with van der Waals surface area (Å²) in [5.74, 6) is 0.315. The summed E-state index contributed by atoms with van der Waals surface area (Å²) < 4.78 is 0. The number of halogens is 1. The molecular formula is C11H16ClNO2. The molecule has 0 saturated carbocycles. The van der Waals surface area contributed by atoms with Gasteiger partial charge in [0.25, 0.3) is 0 Å². The molecule has 3 nitrogen and oxygen atoms in total. The van der Waals surface area contributed by atoms with Crippen LogP contribution in [0.25, 0.3) is 0 Å². The summed E-state index contributed by atoms with van der Waals surface area (Å²) in [6.07, 6.45) is 0. The molecule has 0 amide bonds. The van der Waals surface area contributed by atoms with Crippen molar-refractivity contribution < 1.29 is 9.90 Å². The van der Waals surface area contributed by atoms with E-state index in [1.54, 1.807) is 31.2 Å². The van der Waals surface area contributed by atoms with Gasteiger partial charge in [-0.25, -0.2) is 0 Å². The van der Waals surface area contributed by atoms with Crippen LogP contribution in [-0.2, 0) is 4.79 Å². The summed E-state index contributed by atoms with van der Waals surface area (Å²) in [4.78, 5) is 13.2. The van der Waals surface area contributed by atoms with Crippen LogP contribution >= 0.6 is 12.4 Å².